The maximum atomic E-state index is 11.8. The molecule has 5 heteroatoms. The summed E-state index contributed by atoms with van der Waals surface area (Å²) in [5.74, 6) is 0.299. The SMILES string of the molecule is CC(C)[C@@H](NCC(=O)NCC(N)=O)c1ccc(C2CCCCC2)cc1. The molecule has 0 heterocycles. The lowest BCUT2D eigenvalue weighted by Gasteiger charge is -2.25. The molecule has 1 fully saturated rings. The van der Waals surface area contributed by atoms with Crippen molar-refractivity contribution in [1.82, 2.24) is 10.6 Å². The second kappa shape index (κ2) is 9.56. The van der Waals surface area contributed by atoms with Gasteiger partial charge in [0.25, 0.3) is 0 Å². The lowest BCUT2D eigenvalue weighted by atomic mass is 9.83. The highest BCUT2D eigenvalue weighted by Gasteiger charge is 2.19. The summed E-state index contributed by atoms with van der Waals surface area (Å²) in [7, 11) is 0. The molecule has 1 atom stereocenters. The molecule has 5 nitrogen and oxygen atoms in total. The van der Waals surface area contributed by atoms with Gasteiger partial charge in [-0.3, -0.25) is 9.59 Å². The van der Waals surface area contributed by atoms with Gasteiger partial charge in [-0.25, -0.2) is 0 Å². The predicted octanol–water partition coefficient (Wildman–Crippen LogP) is 2.62. The summed E-state index contributed by atoms with van der Waals surface area (Å²) >= 11 is 0. The Morgan fingerprint density at radius 2 is 1.72 bits per heavy atom. The number of nitrogens with one attached hydrogen (secondary N) is 2. The van der Waals surface area contributed by atoms with Gasteiger partial charge in [0.1, 0.15) is 0 Å². The minimum atomic E-state index is -0.535. The van der Waals surface area contributed by atoms with E-state index in [0.717, 1.165) is 0 Å². The summed E-state index contributed by atoms with van der Waals surface area (Å²) in [4.78, 5) is 22.5. The molecule has 1 aromatic rings. The van der Waals surface area contributed by atoms with Crippen LogP contribution in [0.1, 0.15) is 69.0 Å². The van der Waals surface area contributed by atoms with Crippen molar-refractivity contribution in [2.45, 2.75) is 57.9 Å². The first-order chi connectivity index (χ1) is 12.0. The van der Waals surface area contributed by atoms with Crippen LogP contribution in [0.2, 0.25) is 0 Å². The summed E-state index contributed by atoms with van der Waals surface area (Å²) in [6.07, 6.45) is 6.63. The average Bonchev–Trinajstić information content (AvgIpc) is 2.61. The molecule has 0 aromatic heterocycles. The summed E-state index contributed by atoms with van der Waals surface area (Å²) in [5.41, 5.74) is 7.66. The van der Waals surface area contributed by atoms with E-state index < -0.39 is 5.91 Å². The van der Waals surface area contributed by atoms with Crippen LogP contribution in [-0.4, -0.2) is 24.9 Å². The molecule has 1 aliphatic carbocycles. The van der Waals surface area contributed by atoms with Gasteiger partial charge >= 0.3 is 0 Å². The molecule has 1 aliphatic rings. The van der Waals surface area contributed by atoms with Gasteiger partial charge in [0.2, 0.25) is 11.8 Å². The smallest absolute Gasteiger partial charge is 0.236 e. The van der Waals surface area contributed by atoms with E-state index in [1.807, 2.05) is 0 Å². The van der Waals surface area contributed by atoms with Gasteiger partial charge in [-0.2, -0.15) is 0 Å². The first-order valence-corrected chi connectivity index (χ1v) is 9.35. The third-order valence-electron chi connectivity index (χ3n) is 4.98. The molecule has 0 saturated heterocycles. The van der Waals surface area contributed by atoms with Gasteiger partial charge in [0.05, 0.1) is 13.1 Å². The van der Waals surface area contributed by atoms with Crippen LogP contribution in [0.25, 0.3) is 0 Å². The second-order valence-electron chi connectivity index (χ2n) is 7.35. The minimum absolute atomic E-state index is 0.0970. The molecule has 0 unspecified atom stereocenters. The van der Waals surface area contributed by atoms with Gasteiger partial charge in [-0.05, 0) is 35.8 Å². The quantitative estimate of drug-likeness (QED) is 0.677. The number of carbonyl (C=O) groups excluding carboxylic acids is 2. The lowest BCUT2D eigenvalue weighted by Crippen LogP contribution is -2.40. The van der Waals surface area contributed by atoms with E-state index in [1.54, 1.807) is 0 Å². The number of hydrogen-bond acceptors (Lipinski definition) is 3. The molecule has 0 aliphatic heterocycles. The molecule has 0 radical (unpaired) electrons. The normalized spacial score (nSPS) is 16.6. The predicted molar refractivity (Wildman–Crippen MR) is 100 cm³/mol. The summed E-state index contributed by atoms with van der Waals surface area (Å²) in [5, 5.41) is 5.80. The Bertz CT molecular complexity index is 563. The fourth-order valence-corrected chi connectivity index (χ4v) is 3.60. The Labute approximate surface area is 150 Å². The highest BCUT2D eigenvalue weighted by atomic mass is 16.2. The third kappa shape index (κ3) is 6.16. The van der Waals surface area contributed by atoms with E-state index in [0.29, 0.717) is 11.8 Å². The van der Waals surface area contributed by atoms with Crippen LogP contribution >= 0.6 is 0 Å². The summed E-state index contributed by atoms with van der Waals surface area (Å²) in [6, 6.07) is 8.96. The van der Waals surface area contributed by atoms with Crippen LogP contribution in [-0.2, 0) is 9.59 Å². The molecule has 138 valence electrons. The van der Waals surface area contributed by atoms with Crippen molar-refractivity contribution in [2.75, 3.05) is 13.1 Å². The van der Waals surface area contributed by atoms with E-state index in [9.17, 15) is 9.59 Å². The van der Waals surface area contributed by atoms with Crippen molar-refractivity contribution in [3.63, 3.8) is 0 Å². The van der Waals surface area contributed by atoms with E-state index in [4.69, 9.17) is 5.73 Å². The van der Waals surface area contributed by atoms with Gasteiger partial charge in [0, 0.05) is 6.04 Å². The monoisotopic (exact) mass is 345 g/mol. The fraction of sp³-hybridized carbons (Fsp3) is 0.600. The first-order valence-electron chi connectivity index (χ1n) is 9.35. The van der Waals surface area contributed by atoms with Gasteiger partial charge in [-0.1, -0.05) is 57.4 Å². The molecule has 2 rings (SSSR count). The van der Waals surface area contributed by atoms with Crippen LogP contribution in [0.3, 0.4) is 0 Å². The van der Waals surface area contributed by atoms with E-state index >= 15 is 0 Å². The zero-order valence-corrected chi connectivity index (χ0v) is 15.4. The molecule has 4 N–H and O–H groups in total. The van der Waals surface area contributed by atoms with Crippen LogP contribution in [0, 0.1) is 5.92 Å². The molecule has 0 bridgehead atoms. The van der Waals surface area contributed by atoms with Crippen molar-refractivity contribution >= 4 is 11.8 Å². The number of nitrogens with two attached hydrogens (primary N) is 1. The molecule has 0 spiro atoms. The van der Waals surface area contributed by atoms with E-state index in [-0.39, 0.29) is 25.0 Å². The van der Waals surface area contributed by atoms with Crippen LogP contribution in [0.4, 0.5) is 0 Å². The Morgan fingerprint density at radius 3 is 2.28 bits per heavy atom. The topological polar surface area (TPSA) is 84.2 Å². The number of hydrogen-bond donors (Lipinski definition) is 3. The zero-order valence-electron chi connectivity index (χ0n) is 15.4. The van der Waals surface area contributed by atoms with Gasteiger partial charge < -0.3 is 16.4 Å². The Hall–Kier alpha value is -1.88. The Balaban J connectivity index is 1.94. The number of rotatable bonds is 8. The van der Waals surface area contributed by atoms with Crippen molar-refractivity contribution in [1.29, 1.82) is 0 Å². The lowest BCUT2D eigenvalue weighted by molar-refractivity contribution is -0.124. The number of primary amides is 1. The minimum Gasteiger partial charge on any atom is -0.368 e. The molecule has 1 aromatic carbocycles. The maximum absolute atomic E-state index is 11.8. The van der Waals surface area contributed by atoms with Crippen molar-refractivity contribution in [3.8, 4) is 0 Å². The highest BCUT2D eigenvalue weighted by molar-refractivity contribution is 5.84. The fourth-order valence-electron chi connectivity index (χ4n) is 3.60. The molecule has 1 saturated carbocycles. The zero-order chi connectivity index (χ0) is 18.2. The van der Waals surface area contributed by atoms with Gasteiger partial charge in [0.15, 0.2) is 0 Å². The van der Waals surface area contributed by atoms with Crippen LogP contribution < -0.4 is 16.4 Å². The number of benzene rings is 1. The standard InChI is InChI=1S/C20H31N3O2/c1-14(2)20(23-13-19(25)22-12-18(21)24)17-10-8-16(9-11-17)15-6-4-3-5-7-15/h8-11,14-15,20,23H,3-7,12-13H2,1-2H3,(H2,21,24)(H,22,25)/t20-/m1/s1. The first kappa shape index (κ1) is 19.4. The van der Waals surface area contributed by atoms with Crippen molar-refractivity contribution in [3.05, 3.63) is 35.4 Å². The average molecular weight is 345 g/mol. The van der Waals surface area contributed by atoms with Crippen LogP contribution in [0.5, 0.6) is 0 Å². The summed E-state index contributed by atoms with van der Waals surface area (Å²) in [6.45, 7) is 4.31. The van der Waals surface area contributed by atoms with Crippen molar-refractivity contribution in [2.24, 2.45) is 11.7 Å². The largest absolute Gasteiger partial charge is 0.368 e. The van der Waals surface area contributed by atoms with Crippen LogP contribution in [0.15, 0.2) is 24.3 Å². The summed E-state index contributed by atoms with van der Waals surface area (Å²) < 4.78 is 0. The molecule has 25 heavy (non-hydrogen) atoms. The Morgan fingerprint density at radius 1 is 1.08 bits per heavy atom. The van der Waals surface area contributed by atoms with E-state index in [2.05, 4.69) is 48.7 Å². The maximum Gasteiger partial charge on any atom is 0.236 e. The van der Waals surface area contributed by atoms with E-state index in [1.165, 1.54) is 43.2 Å². The van der Waals surface area contributed by atoms with Crippen molar-refractivity contribution < 1.29 is 9.59 Å². The molecule has 2 amide bonds. The second-order valence-corrected chi connectivity index (χ2v) is 7.35. The Kier molecular flexibility index (Phi) is 7.44. The number of amides is 2. The van der Waals surface area contributed by atoms with Gasteiger partial charge in [-0.15, -0.1) is 0 Å². The molecular weight excluding hydrogens is 314 g/mol. The molecular formula is C20H31N3O2. The highest BCUT2D eigenvalue weighted by Crippen LogP contribution is 2.33. The third-order valence-corrected chi connectivity index (χ3v) is 4.98. The number of carbonyl (C=O) groups is 2.